The van der Waals surface area contributed by atoms with Crippen LogP contribution in [0.15, 0.2) is 24.3 Å². The van der Waals surface area contributed by atoms with E-state index in [2.05, 4.69) is 4.74 Å². The summed E-state index contributed by atoms with van der Waals surface area (Å²) in [6.07, 6.45) is -5.74. The fourth-order valence-electron chi connectivity index (χ4n) is 1.29. The molecule has 1 aromatic rings. The predicted octanol–water partition coefficient (Wildman–Crippen LogP) is 2.81. The molecule has 1 rings (SSSR count). The molecule has 0 unspecified atom stereocenters. The van der Waals surface area contributed by atoms with Gasteiger partial charge < -0.3 is 10.5 Å². The number of hydrogen-bond donors (Lipinski definition) is 1. The van der Waals surface area contributed by atoms with E-state index in [1.165, 1.54) is 0 Å². The number of nitrogens with two attached hydrogens (primary N) is 1. The molecule has 0 saturated carbocycles. The lowest BCUT2D eigenvalue weighted by molar-refractivity contribution is -0.291. The van der Waals surface area contributed by atoms with Gasteiger partial charge in [-0.05, 0) is 17.7 Å². The zero-order valence-electron chi connectivity index (χ0n) is 9.67. The van der Waals surface area contributed by atoms with Crippen LogP contribution >= 0.6 is 0 Å². The molecule has 3 nitrogen and oxygen atoms in total. The topological polar surface area (TPSA) is 52.3 Å². The molecule has 0 fully saturated rings. The Balaban J connectivity index is 2.95. The summed E-state index contributed by atoms with van der Waals surface area (Å²) in [6, 6.07) is 1.54. The maximum atomic E-state index is 13.0. The maximum Gasteiger partial charge on any atom is 0.455 e. The lowest BCUT2D eigenvalue weighted by atomic mass is 10.0. The van der Waals surface area contributed by atoms with Crippen molar-refractivity contribution in [3.8, 4) is 5.75 Å². The van der Waals surface area contributed by atoms with Gasteiger partial charge in [0.05, 0.1) is 0 Å². The zero-order valence-corrected chi connectivity index (χ0v) is 9.67. The van der Waals surface area contributed by atoms with Crippen molar-refractivity contribution in [3.63, 3.8) is 0 Å². The third-order valence-electron chi connectivity index (χ3n) is 2.27. The first-order valence-electron chi connectivity index (χ1n) is 5.04. The van der Waals surface area contributed by atoms with Crippen molar-refractivity contribution in [2.24, 2.45) is 5.73 Å². The predicted molar refractivity (Wildman–Crippen MR) is 55.7 cm³/mol. The highest BCUT2D eigenvalue weighted by atomic mass is 19.4. The number of ether oxygens (including phenoxy) is 1. The first-order valence-corrected chi connectivity index (χ1v) is 5.04. The van der Waals surface area contributed by atoms with Gasteiger partial charge in [-0.3, -0.25) is 4.79 Å². The number of carbonyl (C=O) groups excluding carboxylic acids is 1. The van der Waals surface area contributed by atoms with Crippen molar-refractivity contribution in [2.45, 2.75) is 25.1 Å². The summed E-state index contributed by atoms with van der Waals surface area (Å²) in [6.45, 7) is 1.12. The monoisotopic (exact) mass is 283 g/mol. The van der Waals surface area contributed by atoms with Crippen LogP contribution in [0.4, 0.5) is 22.0 Å². The molecule has 0 amide bonds. The molecule has 0 aliphatic rings. The van der Waals surface area contributed by atoms with Crippen LogP contribution in [0.5, 0.6) is 5.75 Å². The molecule has 1 atom stereocenters. The van der Waals surface area contributed by atoms with E-state index in [1.54, 1.807) is 0 Å². The van der Waals surface area contributed by atoms with Crippen LogP contribution in [0.25, 0.3) is 0 Å². The van der Waals surface area contributed by atoms with Gasteiger partial charge in [-0.1, -0.05) is 12.1 Å². The second-order valence-corrected chi connectivity index (χ2v) is 3.76. The quantitative estimate of drug-likeness (QED) is 0.527. The molecular weight excluding hydrogens is 273 g/mol. The summed E-state index contributed by atoms with van der Waals surface area (Å²) in [5.74, 6) is -5.66. The molecular formula is C11H10F5NO2. The van der Waals surface area contributed by atoms with Crippen LogP contribution in [0.1, 0.15) is 18.5 Å². The van der Waals surface area contributed by atoms with Crippen molar-refractivity contribution in [1.29, 1.82) is 0 Å². The highest BCUT2D eigenvalue weighted by Gasteiger charge is 2.61. The van der Waals surface area contributed by atoms with Crippen molar-refractivity contribution < 1.29 is 31.5 Å². The molecule has 0 bridgehead atoms. The van der Waals surface area contributed by atoms with Crippen LogP contribution in [-0.2, 0) is 4.79 Å². The Morgan fingerprint density at radius 2 is 1.63 bits per heavy atom. The number of benzene rings is 1. The minimum absolute atomic E-state index is 0.0266. The van der Waals surface area contributed by atoms with Crippen molar-refractivity contribution >= 4 is 5.97 Å². The second kappa shape index (κ2) is 5.12. The first-order chi connectivity index (χ1) is 8.55. The Morgan fingerprint density at radius 1 is 1.16 bits per heavy atom. The van der Waals surface area contributed by atoms with Gasteiger partial charge in [0.1, 0.15) is 11.8 Å². The number of esters is 1. The van der Waals surface area contributed by atoms with Crippen LogP contribution in [0.3, 0.4) is 0 Å². The molecule has 0 heterocycles. The molecule has 1 aromatic carbocycles. The zero-order chi connectivity index (χ0) is 14.8. The van der Waals surface area contributed by atoms with Gasteiger partial charge in [0.25, 0.3) is 0 Å². The van der Waals surface area contributed by atoms with Gasteiger partial charge in [0.15, 0.2) is 0 Å². The van der Waals surface area contributed by atoms with Crippen LogP contribution in [-0.4, -0.2) is 18.1 Å². The van der Waals surface area contributed by atoms with Crippen LogP contribution in [0.2, 0.25) is 0 Å². The Morgan fingerprint density at radius 3 is 2.00 bits per heavy atom. The van der Waals surface area contributed by atoms with E-state index in [0.29, 0.717) is 0 Å². The lowest BCUT2D eigenvalue weighted by Crippen LogP contribution is -2.45. The number of hydrogen-bond acceptors (Lipinski definition) is 3. The van der Waals surface area contributed by atoms with Gasteiger partial charge in [-0.15, -0.1) is 0 Å². The summed E-state index contributed by atoms with van der Waals surface area (Å²) in [5, 5.41) is 0. The summed E-state index contributed by atoms with van der Waals surface area (Å²) in [5.41, 5.74) is 4.51. The summed E-state index contributed by atoms with van der Waals surface area (Å²) >= 11 is 0. The Hall–Kier alpha value is -1.70. The highest BCUT2D eigenvalue weighted by Crippen LogP contribution is 2.43. The fraction of sp³-hybridized carbons (Fsp3) is 0.364. The second-order valence-electron chi connectivity index (χ2n) is 3.76. The minimum atomic E-state index is -5.74. The molecule has 0 radical (unpaired) electrons. The van der Waals surface area contributed by atoms with E-state index in [9.17, 15) is 26.7 Å². The van der Waals surface area contributed by atoms with Crippen molar-refractivity contribution in [3.05, 3.63) is 29.8 Å². The standard InChI is InChI=1S/C11H10F5NO2/c1-6(18)19-8-4-2-7(3-5-8)9(17)10(12,13)11(14,15)16/h2-5,9H,17H2,1H3/t9-/m0/s1. The summed E-state index contributed by atoms with van der Waals surface area (Å²) in [4.78, 5) is 10.6. The molecule has 8 heteroatoms. The van der Waals surface area contributed by atoms with Gasteiger partial charge in [0, 0.05) is 6.92 Å². The number of halogens is 5. The van der Waals surface area contributed by atoms with Gasteiger partial charge >= 0.3 is 18.1 Å². The average Bonchev–Trinajstić information content (AvgIpc) is 2.26. The minimum Gasteiger partial charge on any atom is -0.427 e. The summed E-state index contributed by atoms with van der Waals surface area (Å²) < 4.78 is 66.9. The summed E-state index contributed by atoms with van der Waals surface area (Å²) in [7, 11) is 0. The van der Waals surface area contributed by atoms with Gasteiger partial charge in [-0.25, -0.2) is 0 Å². The Labute approximate surface area is 105 Å². The van der Waals surface area contributed by atoms with E-state index < -0.39 is 29.7 Å². The van der Waals surface area contributed by atoms with E-state index in [4.69, 9.17) is 5.73 Å². The smallest absolute Gasteiger partial charge is 0.427 e. The normalized spacial score (nSPS) is 14.1. The molecule has 106 valence electrons. The third-order valence-corrected chi connectivity index (χ3v) is 2.27. The number of alkyl halides is 5. The Bertz CT molecular complexity index is 455. The molecule has 19 heavy (non-hydrogen) atoms. The van der Waals surface area contributed by atoms with Crippen molar-refractivity contribution in [1.82, 2.24) is 0 Å². The van der Waals surface area contributed by atoms with E-state index in [1.807, 2.05) is 0 Å². The van der Waals surface area contributed by atoms with Gasteiger partial charge in [-0.2, -0.15) is 22.0 Å². The number of rotatable bonds is 3. The Kier molecular flexibility index (Phi) is 4.14. The van der Waals surface area contributed by atoms with Crippen LogP contribution in [0, 0.1) is 0 Å². The van der Waals surface area contributed by atoms with E-state index in [-0.39, 0.29) is 5.75 Å². The maximum absolute atomic E-state index is 13.0. The first kappa shape index (κ1) is 15.4. The number of carbonyl (C=O) groups is 1. The van der Waals surface area contributed by atoms with E-state index >= 15 is 0 Å². The third kappa shape index (κ3) is 3.40. The molecule has 0 saturated heterocycles. The largest absolute Gasteiger partial charge is 0.455 e. The fourth-order valence-corrected chi connectivity index (χ4v) is 1.29. The SMILES string of the molecule is CC(=O)Oc1ccc([C@H](N)C(F)(F)C(F)(F)F)cc1. The molecule has 0 spiro atoms. The van der Waals surface area contributed by atoms with Crippen molar-refractivity contribution in [2.75, 3.05) is 0 Å². The molecule has 0 aliphatic heterocycles. The van der Waals surface area contributed by atoms with Crippen LogP contribution < -0.4 is 10.5 Å². The average molecular weight is 283 g/mol. The van der Waals surface area contributed by atoms with Gasteiger partial charge in [0.2, 0.25) is 0 Å². The van der Waals surface area contributed by atoms with E-state index in [0.717, 1.165) is 31.2 Å². The highest BCUT2D eigenvalue weighted by molar-refractivity contribution is 5.69. The molecule has 2 N–H and O–H groups in total. The molecule has 0 aliphatic carbocycles. The molecule has 0 aromatic heterocycles. The lowest BCUT2D eigenvalue weighted by Gasteiger charge is -2.25.